The molecule has 3 rings (SSSR count). The molecule has 1 aromatic heterocycles. The van der Waals surface area contributed by atoms with Crippen molar-refractivity contribution < 1.29 is 24.3 Å². The van der Waals surface area contributed by atoms with Gasteiger partial charge in [0.2, 0.25) is 0 Å². The predicted molar refractivity (Wildman–Crippen MR) is 113 cm³/mol. The molecule has 0 radical (unpaired) electrons. The molecule has 9 heteroatoms. The fourth-order valence-corrected chi connectivity index (χ4v) is 3.39. The fraction of sp³-hybridized carbons (Fsp3) is 0.409. The van der Waals surface area contributed by atoms with Gasteiger partial charge in [-0.2, -0.15) is 0 Å². The molecule has 2 aromatic rings. The van der Waals surface area contributed by atoms with E-state index in [9.17, 15) is 9.59 Å². The third-order valence-electron chi connectivity index (χ3n) is 5.05. The van der Waals surface area contributed by atoms with Gasteiger partial charge in [-0.3, -0.25) is 24.7 Å². The molecule has 0 aliphatic carbocycles. The molecule has 1 saturated heterocycles. The Bertz CT molecular complexity index is 866. The number of pyridine rings is 1. The third-order valence-corrected chi connectivity index (χ3v) is 5.05. The predicted octanol–water partition coefficient (Wildman–Crippen LogP) is 1.30. The normalized spacial score (nSPS) is 15.5. The maximum absolute atomic E-state index is 12.5. The Balaban J connectivity index is 1.54. The molecule has 0 spiro atoms. The van der Waals surface area contributed by atoms with Gasteiger partial charge in [0.15, 0.2) is 0 Å². The molecule has 1 atom stereocenters. The topological polar surface area (TPSA) is 113 Å². The fourth-order valence-electron chi connectivity index (χ4n) is 3.39. The molecule has 0 saturated carbocycles. The first-order chi connectivity index (χ1) is 15.1. The summed E-state index contributed by atoms with van der Waals surface area (Å²) in [5.41, 5.74) is 4.08. The average molecular weight is 428 g/mol. The van der Waals surface area contributed by atoms with Gasteiger partial charge in [-0.1, -0.05) is 0 Å². The van der Waals surface area contributed by atoms with E-state index >= 15 is 0 Å². The summed E-state index contributed by atoms with van der Waals surface area (Å²) in [6.45, 7) is 4.74. The summed E-state index contributed by atoms with van der Waals surface area (Å²) in [6, 6.07) is 9.97. The standard InChI is InChI=1S/C22H28N4O5/c1-16-13-17(7-8-23-16)15-31-19-5-3-18(4-6-19)21(27)24-14-20(22(28)25-29)26-9-2-11-30-12-10-26/h3-8,13,20,29H,2,9-12,14-15H2,1H3,(H,24,27)(H,25,28). The summed E-state index contributed by atoms with van der Waals surface area (Å²) in [4.78, 5) is 30.7. The summed E-state index contributed by atoms with van der Waals surface area (Å²) in [5.74, 6) is -0.219. The molecular weight excluding hydrogens is 400 g/mol. The first kappa shape index (κ1) is 22.7. The average Bonchev–Trinajstić information content (AvgIpc) is 3.07. The zero-order valence-electron chi connectivity index (χ0n) is 17.5. The second-order valence-corrected chi connectivity index (χ2v) is 7.32. The molecule has 2 amide bonds. The van der Waals surface area contributed by atoms with Crippen LogP contribution in [0.15, 0.2) is 42.6 Å². The molecule has 0 bridgehead atoms. The van der Waals surface area contributed by atoms with E-state index in [0.29, 0.717) is 44.2 Å². The molecule has 1 aromatic carbocycles. The van der Waals surface area contributed by atoms with Gasteiger partial charge in [-0.25, -0.2) is 5.48 Å². The number of benzene rings is 1. The summed E-state index contributed by atoms with van der Waals surface area (Å²) >= 11 is 0. The lowest BCUT2D eigenvalue weighted by molar-refractivity contribution is -0.134. The van der Waals surface area contributed by atoms with Crippen molar-refractivity contribution >= 4 is 11.8 Å². The molecule has 3 N–H and O–H groups in total. The molecule has 1 fully saturated rings. The molecule has 31 heavy (non-hydrogen) atoms. The van der Waals surface area contributed by atoms with E-state index in [0.717, 1.165) is 17.7 Å². The number of hydroxylamine groups is 1. The molecule has 166 valence electrons. The highest BCUT2D eigenvalue weighted by molar-refractivity contribution is 5.94. The Morgan fingerprint density at radius 2 is 2.03 bits per heavy atom. The summed E-state index contributed by atoms with van der Waals surface area (Å²) in [6.07, 6.45) is 2.52. The second-order valence-electron chi connectivity index (χ2n) is 7.32. The third kappa shape index (κ3) is 6.74. The van der Waals surface area contributed by atoms with Crippen LogP contribution in [0.1, 0.15) is 28.0 Å². The molecule has 1 unspecified atom stereocenters. The van der Waals surface area contributed by atoms with Crippen LogP contribution in [0.3, 0.4) is 0 Å². The first-order valence-electron chi connectivity index (χ1n) is 10.2. The first-order valence-corrected chi connectivity index (χ1v) is 10.2. The quantitative estimate of drug-likeness (QED) is 0.429. The van der Waals surface area contributed by atoms with E-state index < -0.39 is 11.9 Å². The molecule has 9 nitrogen and oxygen atoms in total. The number of aryl methyl sites for hydroxylation is 1. The number of hydrogen-bond donors (Lipinski definition) is 3. The van der Waals surface area contributed by atoms with E-state index in [-0.39, 0.29) is 12.5 Å². The van der Waals surface area contributed by atoms with E-state index in [1.54, 1.807) is 35.9 Å². The van der Waals surface area contributed by atoms with Crippen LogP contribution < -0.4 is 15.5 Å². The minimum Gasteiger partial charge on any atom is -0.489 e. The number of ether oxygens (including phenoxy) is 2. The van der Waals surface area contributed by atoms with Gasteiger partial charge in [-0.05, 0) is 55.3 Å². The number of aromatic nitrogens is 1. The van der Waals surface area contributed by atoms with Gasteiger partial charge < -0.3 is 14.8 Å². The van der Waals surface area contributed by atoms with Crippen molar-refractivity contribution in [2.24, 2.45) is 0 Å². The number of rotatable bonds is 8. The zero-order chi connectivity index (χ0) is 22.1. The van der Waals surface area contributed by atoms with Crippen LogP contribution in [0.4, 0.5) is 0 Å². The van der Waals surface area contributed by atoms with Crippen molar-refractivity contribution in [1.82, 2.24) is 20.7 Å². The maximum Gasteiger partial charge on any atom is 0.262 e. The van der Waals surface area contributed by atoms with Gasteiger partial charge in [-0.15, -0.1) is 0 Å². The maximum atomic E-state index is 12.5. The highest BCUT2D eigenvalue weighted by Gasteiger charge is 2.27. The van der Waals surface area contributed by atoms with Crippen LogP contribution in [0, 0.1) is 6.92 Å². The molecule has 2 heterocycles. The van der Waals surface area contributed by atoms with E-state index in [1.807, 2.05) is 24.0 Å². The Morgan fingerprint density at radius 1 is 1.23 bits per heavy atom. The Hall–Kier alpha value is -3.01. The van der Waals surface area contributed by atoms with Gasteiger partial charge in [0.1, 0.15) is 18.4 Å². The SMILES string of the molecule is Cc1cc(COc2ccc(C(=O)NCC(C(=O)NO)N3CCCOCC3)cc2)ccn1. The Labute approximate surface area is 181 Å². The number of carbonyl (C=O) groups excluding carboxylic acids is 2. The molecular formula is C22H28N4O5. The van der Waals surface area contributed by atoms with Crippen LogP contribution in [-0.2, 0) is 16.1 Å². The van der Waals surface area contributed by atoms with Crippen molar-refractivity contribution in [2.75, 3.05) is 32.8 Å². The smallest absolute Gasteiger partial charge is 0.262 e. The minimum atomic E-state index is -0.679. The van der Waals surface area contributed by atoms with Gasteiger partial charge in [0.25, 0.3) is 11.8 Å². The van der Waals surface area contributed by atoms with Crippen molar-refractivity contribution in [3.05, 3.63) is 59.4 Å². The summed E-state index contributed by atoms with van der Waals surface area (Å²) < 4.78 is 11.2. The number of hydrogen-bond acceptors (Lipinski definition) is 7. The van der Waals surface area contributed by atoms with Crippen molar-refractivity contribution in [2.45, 2.75) is 26.0 Å². The van der Waals surface area contributed by atoms with E-state index in [1.165, 1.54) is 0 Å². The van der Waals surface area contributed by atoms with Crippen molar-refractivity contribution in [1.29, 1.82) is 0 Å². The number of nitrogens with one attached hydrogen (secondary N) is 2. The van der Waals surface area contributed by atoms with Crippen LogP contribution in [0.2, 0.25) is 0 Å². The van der Waals surface area contributed by atoms with Crippen LogP contribution in [-0.4, -0.2) is 65.8 Å². The number of carbonyl (C=O) groups is 2. The van der Waals surface area contributed by atoms with Crippen LogP contribution in [0.5, 0.6) is 5.75 Å². The van der Waals surface area contributed by atoms with Crippen LogP contribution in [0.25, 0.3) is 0 Å². The number of nitrogens with zero attached hydrogens (tertiary/aromatic N) is 2. The zero-order valence-corrected chi connectivity index (χ0v) is 17.5. The van der Waals surface area contributed by atoms with Crippen LogP contribution >= 0.6 is 0 Å². The largest absolute Gasteiger partial charge is 0.489 e. The number of amides is 2. The highest BCUT2D eigenvalue weighted by Crippen LogP contribution is 2.15. The molecule has 1 aliphatic heterocycles. The van der Waals surface area contributed by atoms with E-state index in [2.05, 4.69) is 10.3 Å². The Kier molecular flexibility index (Phi) is 8.34. The molecule has 1 aliphatic rings. The lowest BCUT2D eigenvalue weighted by atomic mass is 10.1. The monoisotopic (exact) mass is 428 g/mol. The van der Waals surface area contributed by atoms with E-state index in [4.69, 9.17) is 14.7 Å². The van der Waals surface area contributed by atoms with Crippen molar-refractivity contribution in [3.8, 4) is 5.75 Å². The summed E-state index contributed by atoms with van der Waals surface area (Å²) in [5, 5.41) is 11.9. The van der Waals surface area contributed by atoms with Gasteiger partial charge in [0, 0.05) is 43.7 Å². The van der Waals surface area contributed by atoms with Gasteiger partial charge >= 0.3 is 0 Å². The minimum absolute atomic E-state index is 0.0743. The lowest BCUT2D eigenvalue weighted by Gasteiger charge is -2.28. The lowest BCUT2D eigenvalue weighted by Crippen LogP contribution is -2.53. The highest BCUT2D eigenvalue weighted by atomic mass is 16.5. The Morgan fingerprint density at radius 3 is 2.77 bits per heavy atom. The van der Waals surface area contributed by atoms with Gasteiger partial charge in [0.05, 0.1) is 6.61 Å². The summed E-state index contributed by atoms with van der Waals surface area (Å²) in [7, 11) is 0. The van der Waals surface area contributed by atoms with Crippen molar-refractivity contribution in [3.63, 3.8) is 0 Å². The second kappa shape index (κ2) is 11.4.